The van der Waals surface area contributed by atoms with E-state index in [9.17, 15) is 4.79 Å². The minimum Gasteiger partial charge on any atom is -0.395 e. The standard InChI is InChI=1S/C14H26N2O2/c17-10-9-16(13-7-3-4-8-13)14(18)11-15-12-5-1-2-6-12/h12-13,15,17H,1-11H2. The third-order valence-corrected chi connectivity index (χ3v) is 4.32. The maximum absolute atomic E-state index is 12.2. The lowest BCUT2D eigenvalue weighted by Crippen LogP contribution is -2.46. The van der Waals surface area contributed by atoms with E-state index in [0.717, 1.165) is 12.8 Å². The Hall–Kier alpha value is -0.610. The number of carbonyl (C=O) groups is 1. The first-order valence-electron chi connectivity index (χ1n) is 7.45. The highest BCUT2D eigenvalue weighted by molar-refractivity contribution is 5.78. The average Bonchev–Trinajstić information content (AvgIpc) is 3.05. The van der Waals surface area contributed by atoms with Gasteiger partial charge in [0.2, 0.25) is 5.91 Å². The van der Waals surface area contributed by atoms with Crippen LogP contribution in [0.1, 0.15) is 51.4 Å². The van der Waals surface area contributed by atoms with E-state index in [2.05, 4.69) is 5.32 Å². The molecular formula is C14H26N2O2. The summed E-state index contributed by atoms with van der Waals surface area (Å²) in [6, 6.07) is 0.906. The van der Waals surface area contributed by atoms with Gasteiger partial charge in [-0.2, -0.15) is 0 Å². The molecule has 0 unspecified atom stereocenters. The lowest BCUT2D eigenvalue weighted by Gasteiger charge is -2.29. The van der Waals surface area contributed by atoms with Crippen molar-refractivity contribution in [3.63, 3.8) is 0 Å². The summed E-state index contributed by atoms with van der Waals surface area (Å²) in [6.07, 6.45) is 9.63. The Morgan fingerprint density at radius 2 is 1.72 bits per heavy atom. The molecule has 0 aromatic rings. The number of nitrogens with one attached hydrogen (secondary N) is 1. The van der Waals surface area contributed by atoms with Crippen molar-refractivity contribution < 1.29 is 9.90 Å². The Labute approximate surface area is 110 Å². The summed E-state index contributed by atoms with van der Waals surface area (Å²) in [4.78, 5) is 14.1. The summed E-state index contributed by atoms with van der Waals surface area (Å²) < 4.78 is 0. The van der Waals surface area contributed by atoms with Crippen LogP contribution in [-0.2, 0) is 4.79 Å². The number of amides is 1. The molecule has 2 fully saturated rings. The van der Waals surface area contributed by atoms with E-state index in [1.54, 1.807) is 0 Å². The maximum atomic E-state index is 12.2. The first-order valence-corrected chi connectivity index (χ1v) is 7.45. The van der Waals surface area contributed by atoms with Crippen molar-refractivity contribution >= 4 is 5.91 Å². The molecular weight excluding hydrogens is 228 g/mol. The topological polar surface area (TPSA) is 52.6 Å². The predicted octanol–water partition coefficient (Wildman–Crippen LogP) is 1.28. The van der Waals surface area contributed by atoms with E-state index in [-0.39, 0.29) is 12.5 Å². The molecule has 0 saturated heterocycles. The lowest BCUT2D eigenvalue weighted by atomic mass is 10.2. The molecule has 0 atom stereocenters. The average molecular weight is 254 g/mol. The second-order valence-electron chi connectivity index (χ2n) is 5.61. The molecule has 0 aromatic heterocycles. The number of hydrogen-bond acceptors (Lipinski definition) is 3. The summed E-state index contributed by atoms with van der Waals surface area (Å²) in [5.74, 6) is 0.169. The minimum absolute atomic E-state index is 0.0751. The fourth-order valence-electron chi connectivity index (χ4n) is 3.30. The van der Waals surface area contributed by atoms with Crippen molar-refractivity contribution in [2.45, 2.75) is 63.5 Å². The van der Waals surface area contributed by atoms with Crippen molar-refractivity contribution in [2.75, 3.05) is 19.7 Å². The molecule has 2 aliphatic carbocycles. The van der Waals surface area contributed by atoms with Gasteiger partial charge in [-0.15, -0.1) is 0 Å². The molecule has 4 heteroatoms. The number of hydrogen-bond donors (Lipinski definition) is 2. The molecule has 0 bridgehead atoms. The Morgan fingerprint density at radius 1 is 1.11 bits per heavy atom. The molecule has 1 amide bonds. The van der Waals surface area contributed by atoms with Crippen molar-refractivity contribution in [3.8, 4) is 0 Å². The Morgan fingerprint density at radius 3 is 2.33 bits per heavy atom. The second-order valence-corrected chi connectivity index (χ2v) is 5.61. The number of aliphatic hydroxyl groups is 1. The lowest BCUT2D eigenvalue weighted by molar-refractivity contribution is -0.133. The maximum Gasteiger partial charge on any atom is 0.236 e. The molecule has 4 nitrogen and oxygen atoms in total. The first kappa shape index (κ1) is 13.8. The van der Waals surface area contributed by atoms with Gasteiger partial charge < -0.3 is 15.3 Å². The van der Waals surface area contributed by atoms with Crippen LogP contribution in [-0.4, -0.2) is 47.7 Å². The number of rotatable bonds is 6. The molecule has 2 rings (SSSR count). The first-order chi connectivity index (χ1) is 8.81. The van der Waals surface area contributed by atoms with Crippen LogP contribution < -0.4 is 5.32 Å². The van der Waals surface area contributed by atoms with Gasteiger partial charge >= 0.3 is 0 Å². The van der Waals surface area contributed by atoms with E-state index < -0.39 is 0 Å². The van der Waals surface area contributed by atoms with Crippen molar-refractivity contribution in [1.29, 1.82) is 0 Å². The molecule has 2 aliphatic rings. The second kappa shape index (κ2) is 7.10. The van der Waals surface area contributed by atoms with E-state index >= 15 is 0 Å². The number of aliphatic hydroxyl groups excluding tert-OH is 1. The minimum atomic E-state index is 0.0751. The zero-order chi connectivity index (χ0) is 12.8. The molecule has 0 aliphatic heterocycles. The highest BCUT2D eigenvalue weighted by Crippen LogP contribution is 2.23. The summed E-state index contributed by atoms with van der Waals surface area (Å²) in [5, 5.41) is 12.5. The van der Waals surface area contributed by atoms with Gasteiger partial charge in [0.1, 0.15) is 0 Å². The SMILES string of the molecule is O=C(CNC1CCCC1)N(CCO)C1CCCC1. The van der Waals surface area contributed by atoms with Crippen molar-refractivity contribution in [3.05, 3.63) is 0 Å². The highest BCUT2D eigenvalue weighted by atomic mass is 16.3. The monoisotopic (exact) mass is 254 g/mol. The van der Waals surface area contributed by atoms with Crippen molar-refractivity contribution in [1.82, 2.24) is 10.2 Å². The zero-order valence-corrected chi connectivity index (χ0v) is 11.2. The van der Waals surface area contributed by atoms with Crippen LogP contribution in [0.15, 0.2) is 0 Å². The molecule has 0 heterocycles. The zero-order valence-electron chi connectivity index (χ0n) is 11.2. The summed E-state index contributed by atoms with van der Waals surface area (Å²) in [6.45, 7) is 1.02. The van der Waals surface area contributed by atoms with Gasteiger partial charge in [0.05, 0.1) is 13.2 Å². The largest absolute Gasteiger partial charge is 0.395 e. The molecule has 0 radical (unpaired) electrons. The molecule has 104 valence electrons. The number of carbonyl (C=O) groups excluding carboxylic acids is 1. The van der Waals surface area contributed by atoms with Crippen LogP contribution in [0.3, 0.4) is 0 Å². The van der Waals surface area contributed by atoms with E-state index in [1.807, 2.05) is 4.90 Å². The van der Waals surface area contributed by atoms with Crippen LogP contribution in [0.2, 0.25) is 0 Å². The van der Waals surface area contributed by atoms with Gasteiger partial charge in [-0.3, -0.25) is 4.79 Å². The van der Waals surface area contributed by atoms with Crippen LogP contribution in [0.5, 0.6) is 0 Å². The van der Waals surface area contributed by atoms with Crippen LogP contribution in [0.25, 0.3) is 0 Å². The number of nitrogens with zero attached hydrogens (tertiary/aromatic N) is 1. The van der Waals surface area contributed by atoms with Gasteiger partial charge in [-0.05, 0) is 25.7 Å². The summed E-state index contributed by atoms with van der Waals surface area (Å²) in [5.41, 5.74) is 0. The Bertz CT molecular complexity index is 259. The molecule has 0 aromatic carbocycles. The fraction of sp³-hybridized carbons (Fsp3) is 0.929. The summed E-state index contributed by atoms with van der Waals surface area (Å²) in [7, 11) is 0. The van der Waals surface area contributed by atoms with Gasteiger partial charge in [0, 0.05) is 18.6 Å². The predicted molar refractivity (Wildman–Crippen MR) is 71.3 cm³/mol. The van der Waals surface area contributed by atoms with Crippen LogP contribution in [0, 0.1) is 0 Å². The van der Waals surface area contributed by atoms with E-state index in [4.69, 9.17) is 5.11 Å². The van der Waals surface area contributed by atoms with Crippen molar-refractivity contribution in [2.24, 2.45) is 0 Å². The van der Waals surface area contributed by atoms with Crippen LogP contribution in [0.4, 0.5) is 0 Å². The molecule has 2 N–H and O–H groups in total. The highest BCUT2D eigenvalue weighted by Gasteiger charge is 2.26. The summed E-state index contributed by atoms with van der Waals surface area (Å²) >= 11 is 0. The normalized spacial score (nSPS) is 21.6. The third kappa shape index (κ3) is 3.69. The molecule has 18 heavy (non-hydrogen) atoms. The fourth-order valence-corrected chi connectivity index (χ4v) is 3.30. The van der Waals surface area contributed by atoms with Gasteiger partial charge in [0.15, 0.2) is 0 Å². The van der Waals surface area contributed by atoms with Gasteiger partial charge in [0.25, 0.3) is 0 Å². The van der Waals surface area contributed by atoms with Crippen LogP contribution >= 0.6 is 0 Å². The Balaban J connectivity index is 1.78. The molecule has 0 spiro atoms. The Kier molecular flexibility index (Phi) is 5.45. The quantitative estimate of drug-likeness (QED) is 0.751. The third-order valence-electron chi connectivity index (χ3n) is 4.32. The van der Waals surface area contributed by atoms with Gasteiger partial charge in [-0.1, -0.05) is 25.7 Å². The van der Waals surface area contributed by atoms with Gasteiger partial charge in [-0.25, -0.2) is 0 Å². The van der Waals surface area contributed by atoms with E-state index in [0.29, 0.717) is 25.2 Å². The molecule has 2 saturated carbocycles. The smallest absolute Gasteiger partial charge is 0.236 e. The van der Waals surface area contributed by atoms with E-state index in [1.165, 1.54) is 38.5 Å².